The number of anilines is 3. The number of pyridine rings is 1. The van der Waals surface area contributed by atoms with Gasteiger partial charge in [0.25, 0.3) is 0 Å². The van der Waals surface area contributed by atoms with Gasteiger partial charge in [-0.1, -0.05) is 20.8 Å². The van der Waals surface area contributed by atoms with Crippen LogP contribution in [0.1, 0.15) is 27.2 Å². The summed E-state index contributed by atoms with van der Waals surface area (Å²) in [5, 5.41) is 16.6. The van der Waals surface area contributed by atoms with Gasteiger partial charge < -0.3 is 21.1 Å². The van der Waals surface area contributed by atoms with Gasteiger partial charge in [0.05, 0.1) is 5.69 Å². The average molecular weight is 392 g/mol. The van der Waals surface area contributed by atoms with Crippen molar-refractivity contribution < 1.29 is 23.5 Å². The van der Waals surface area contributed by atoms with Crippen LogP contribution < -0.4 is 16.0 Å². The first kappa shape index (κ1) is 21.1. The summed E-state index contributed by atoms with van der Waals surface area (Å²) >= 11 is 0. The summed E-state index contributed by atoms with van der Waals surface area (Å²) in [5.74, 6) is -1.94. The Bertz CT molecular complexity index is 848. The standard InChI is InChI=1S/C19H22F2N4O3/c1-19(2,3)10-15(25-18(27)28)17(26)24-14-5-4-6-22-16(14)23-13-8-11(20)7-12(21)9-13/h4-9,15,25H,10H2,1-3H3,(H,22,23)(H,24,26)(H,27,28). The third-order valence-corrected chi connectivity index (χ3v) is 3.62. The van der Waals surface area contributed by atoms with Crippen LogP contribution in [-0.2, 0) is 4.79 Å². The summed E-state index contributed by atoms with van der Waals surface area (Å²) < 4.78 is 26.8. The largest absolute Gasteiger partial charge is 0.465 e. The molecule has 1 unspecified atom stereocenters. The summed E-state index contributed by atoms with van der Waals surface area (Å²) in [5.41, 5.74) is 0.0457. The molecule has 0 aliphatic rings. The highest BCUT2D eigenvalue weighted by Gasteiger charge is 2.27. The van der Waals surface area contributed by atoms with Crippen molar-refractivity contribution in [2.75, 3.05) is 10.6 Å². The highest BCUT2D eigenvalue weighted by atomic mass is 19.1. The van der Waals surface area contributed by atoms with E-state index in [9.17, 15) is 18.4 Å². The smallest absolute Gasteiger partial charge is 0.405 e. The Morgan fingerprint density at radius 2 is 1.82 bits per heavy atom. The lowest BCUT2D eigenvalue weighted by atomic mass is 9.88. The highest BCUT2D eigenvalue weighted by molar-refractivity contribution is 5.98. The third-order valence-electron chi connectivity index (χ3n) is 3.62. The summed E-state index contributed by atoms with van der Waals surface area (Å²) in [6, 6.07) is 5.02. The molecule has 0 saturated heterocycles. The summed E-state index contributed by atoms with van der Waals surface area (Å²) in [6.45, 7) is 5.64. The number of halogens is 2. The molecule has 28 heavy (non-hydrogen) atoms. The number of amides is 2. The van der Waals surface area contributed by atoms with Gasteiger partial charge in [-0.05, 0) is 36.1 Å². The Kier molecular flexibility index (Phi) is 6.50. The average Bonchev–Trinajstić information content (AvgIpc) is 2.53. The lowest BCUT2D eigenvalue weighted by Crippen LogP contribution is -2.45. The van der Waals surface area contributed by atoms with Crippen LogP contribution in [-0.4, -0.2) is 28.1 Å². The quantitative estimate of drug-likeness (QED) is 0.592. The van der Waals surface area contributed by atoms with Crippen LogP contribution in [0.25, 0.3) is 0 Å². The second kappa shape index (κ2) is 8.64. The van der Waals surface area contributed by atoms with Crippen LogP contribution in [0.2, 0.25) is 0 Å². The molecule has 7 nitrogen and oxygen atoms in total. The lowest BCUT2D eigenvalue weighted by molar-refractivity contribution is -0.118. The third kappa shape index (κ3) is 6.49. The Labute approximate surface area is 161 Å². The zero-order valence-corrected chi connectivity index (χ0v) is 15.7. The first-order valence-electron chi connectivity index (χ1n) is 8.52. The molecule has 1 aromatic carbocycles. The second-order valence-corrected chi connectivity index (χ2v) is 7.44. The number of carbonyl (C=O) groups is 2. The highest BCUT2D eigenvalue weighted by Crippen LogP contribution is 2.26. The molecule has 1 heterocycles. The van der Waals surface area contributed by atoms with Crippen molar-refractivity contribution >= 4 is 29.2 Å². The summed E-state index contributed by atoms with van der Waals surface area (Å²) in [6.07, 6.45) is 0.392. The van der Waals surface area contributed by atoms with Crippen molar-refractivity contribution in [1.29, 1.82) is 0 Å². The fraction of sp³-hybridized carbons (Fsp3) is 0.316. The zero-order chi connectivity index (χ0) is 20.9. The van der Waals surface area contributed by atoms with Gasteiger partial charge >= 0.3 is 6.09 Å². The predicted molar refractivity (Wildman–Crippen MR) is 102 cm³/mol. The fourth-order valence-corrected chi connectivity index (χ4v) is 2.56. The fourth-order valence-electron chi connectivity index (χ4n) is 2.56. The Balaban J connectivity index is 2.22. The molecule has 0 aliphatic carbocycles. The summed E-state index contributed by atoms with van der Waals surface area (Å²) in [7, 11) is 0. The molecule has 0 radical (unpaired) electrons. The minimum absolute atomic E-state index is 0.113. The zero-order valence-electron chi connectivity index (χ0n) is 15.7. The molecule has 1 aromatic heterocycles. The van der Waals surface area contributed by atoms with Crippen LogP contribution >= 0.6 is 0 Å². The second-order valence-electron chi connectivity index (χ2n) is 7.44. The van der Waals surface area contributed by atoms with Crippen LogP contribution in [0, 0.1) is 17.0 Å². The Morgan fingerprint density at radius 1 is 1.18 bits per heavy atom. The topological polar surface area (TPSA) is 103 Å². The molecule has 4 N–H and O–H groups in total. The van der Waals surface area contributed by atoms with Crippen molar-refractivity contribution in [2.45, 2.75) is 33.2 Å². The van der Waals surface area contributed by atoms with E-state index in [-0.39, 0.29) is 29.0 Å². The maximum Gasteiger partial charge on any atom is 0.405 e. The van der Waals surface area contributed by atoms with E-state index < -0.39 is 29.7 Å². The van der Waals surface area contributed by atoms with Crippen LogP contribution in [0.5, 0.6) is 0 Å². The van der Waals surface area contributed by atoms with Crippen molar-refractivity contribution in [3.8, 4) is 0 Å². The number of nitrogens with zero attached hydrogens (tertiary/aromatic N) is 1. The van der Waals surface area contributed by atoms with Crippen molar-refractivity contribution in [1.82, 2.24) is 10.3 Å². The van der Waals surface area contributed by atoms with E-state index in [2.05, 4.69) is 20.9 Å². The minimum Gasteiger partial charge on any atom is -0.465 e. The van der Waals surface area contributed by atoms with E-state index in [1.165, 1.54) is 12.3 Å². The SMILES string of the molecule is CC(C)(C)CC(NC(=O)O)C(=O)Nc1cccnc1Nc1cc(F)cc(F)c1. The predicted octanol–water partition coefficient (Wildman–Crippen LogP) is 4.11. The van der Waals surface area contributed by atoms with Crippen LogP contribution in [0.4, 0.5) is 30.8 Å². The molecule has 0 saturated carbocycles. The number of hydrogen-bond donors (Lipinski definition) is 4. The summed E-state index contributed by atoms with van der Waals surface area (Å²) in [4.78, 5) is 27.7. The van der Waals surface area contributed by atoms with E-state index in [4.69, 9.17) is 5.11 Å². The minimum atomic E-state index is -1.32. The van der Waals surface area contributed by atoms with E-state index in [1.54, 1.807) is 6.07 Å². The van der Waals surface area contributed by atoms with Gasteiger partial charge in [-0.2, -0.15) is 0 Å². The maximum absolute atomic E-state index is 13.4. The maximum atomic E-state index is 13.4. The molecule has 2 rings (SSSR count). The normalized spacial score (nSPS) is 12.2. The van der Waals surface area contributed by atoms with Crippen LogP contribution in [0.15, 0.2) is 36.5 Å². The van der Waals surface area contributed by atoms with Crippen molar-refractivity contribution in [2.24, 2.45) is 5.41 Å². The van der Waals surface area contributed by atoms with Gasteiger partial charge in [-0.25, -0.2) is 18.6 Å². The van der Waals surface area contributed by atoms with E-state index >= 15 is 0 Å². The molecule has 2 amide bonds. The van der Waals surface area contributed by atoms with Gasteiger partial charge in [0, 0.05) is 18.0 Å². The van der Waals surface area contributed by atoms with Gasteiger partial charge in [0.2, 0.25) is 5.91 Å². The molecular formula is C19H22F2N4O3. The van der Waals surface area contributed by atoms with E-state index in [1.807, 2.05) is 20.8 Å². The number of benzene rings is 1. The van der Waals surface area contributed by atoms with Crippen molar-refractivity contribution in [3.63, 3.8) is 0 Å². The van der Waals surface area contributed by atoms with Crippen molar-refractivity contribution in [3.05, 3.63) is 48.2 Å². The van der Waals surface area contributed by atoms with Gasteiger partial charge in [0.15, 0.2) is 5.82 Å². The molecular weight excluding hydrogens is 370 g/mol. The number of rotatable bonds is 6. The number of carbonyl (C=O) groups excluding carboxylic acids is 1. The molecule has 2 aromatic rings. The molecule has 0 fully saturated rings. The van der Waals surface area contributed by atoms with Crippen LogP contribution in [0.3, 0.4) is 0 Å². The molecule has 9 heteroatoms. The van der Waals surface area contributed by atoms with Gasteiger partial charge in [-0.3, -0.25) is 4.79 Å². The number of hydrogen-bond acceptors (Lipinski definition) is 4. The molecule has 150 valence electrons. The lowest BCUT2D eigenvalue weighted by Gasteiger charge is -2.25. The number of aromatic nitrogens is 1. The van der Waals surface area contributed by atoms with Gasteiger partial charge in [-0.15, -0.1) is 0 Å². The monoisotopic (exact) mass is 392 g/mol. The Hall–Kier alpha value is -3.23. The van der Waals surface area contributed by atoms with Gasteiger partial charge in [0.1, 0.15) is 17.7 Å². The molecule has 0 bridgehead atoms. The van der Waals surface area contributed by atoms with E-state index in [0.717, 1.165) is 18.2 Å². The number of nitrogens with one attached hydrogen (secondary N) is 3. The van der Waals surface area contributed by atoms with E-state index in [0.29, 0.717) is 0 Å². The first-order chi connectivity index (χ1) is 13.0. The molecule has 1 atom stereocenters. The number of carboxylic acid groups (broad SMARTS) is 1. The Morgan fingerprint density at radius 3 is 2.39 bits per heavy atom. The first-order valence-corrected chi connectivity index (χ1v) is 8.52. The molecule has 0 aliphatic heterocycles. The molecule has 0 spiro atoms.